The normalized spacial score (nSPS) is 15.5. The Morgan fingerprint density at radius 1 is 1.19 bits per heavy atom. The highest BCUT2D eigenvalue weighted by Gasteiger charge is 2.26. The number of amides is 2. The average Bonchev–Trinajstić information content (AvgIpc) is 3.21. The number of hydrogen-bond donors (Lipinski definition) is 2. The summed E-state index contributed by atoms with van der Waals surface area (Å²) >= 11 is 0. The van der Waals surface area contributed by atoms with Crippen molar-refractivity contribution >= 4 is 23.4 Å². The monoisotopic (exact) mass is 435 g/mol. The topological polar surface area (TPSA) is 105 Å². The molecule has 0 spiro atoms. The fraction of sp³-hybridized carbons (Fsp3) is 0.435. The molecule has 2 amide bonds. The number of anilines is 1. The molecule has 0 radical (unpaired) electrons. The number of rotatable bonds is 6. The van der Waals surface area contributed by atoms with Gasteiger partial charge < -0.3 is 15.5 Å². The van der Waals surface area contributed by atoms with Crippen LogP contribution in [-0.4, -0.2) is 56.6 Å². The maximum atomic E-state index is 13.0. The lowest BCUT2D eigenvalue weighted by Gasteiger charge is -2.34. The van der Waals surface area contributed by atoms with E-state index in [1.165, 1.54) is 13.3 Å². The van der Waals surface area contributed by atoms with E-state index >= 15 is 0 Å². The molecule has 3 heterocycles. The number of carbonyl (C=O) groups excluding carboxylic acids is 2. The van der Waals surface area contributed by atoms with Crippen LogP contribution in [0.1, 0.15) is 36.6 Å². The van der Waals surface area contributed by atoms with E-state index in [4.69, 9.17) is 0 Å². The van der Waals surface area contributed by atoms with Crippen LogP contribution in [0.2, 0.25) is 0 Å². The number of aromatic nitrogens is 4. The van der Waals surface area contributed by atoms with Crippen molar-refractivity contribution in [1.82, 2.24) is 30.2 Å². The minimum Gasteiger partial charge on any atom is -0.356 e. The molecule has 1 fully saturated rings. The predicted molar refractivity (Wildman–Crippen MR) is 121 cm³/mol. The average molecular weight is 436 g/mol. The third kappa shape index (κ3) is 5.04. The fourth-order valence-corrected chi connectivity index (χ4v) is 4.22. The highest BCUT2D eigenvalue weighted by molar-refractivity contribution is 5.87. The van der Waals surface area contributed by atoms with E-state index in [0.29, 0.717) is 12.2 Å². The van der Waals surface area contributed by atoms with Crippen molar-refractivity contribution in [1.29, 1.82) is 0 Å². The van der Waals surface area contributed by atoms with E-state index in [0.717, 1.165) is 48.6 Å². The molecule has 9 nitrogen and oxygen atoms in total. The molecule has 0 bridgehead atoms. The summed E-state index contributed by atoms with van der Waals surface area (Å²) in [7, 11) is 0. The Bertz CT molecular complexity index is 1120. The summed E-state index contributed by atoms with van der Waals surface area (Å²) < 4.78 is 1.75. The van der Waals surface area contributed by atoms with Gasteiger partial charge in [-0.3, -0.25) is 9.59 Å². The first-order valence-electron chi connectivity index (χ1n) is 10.9. The van der Waals surface area contributed by atoms with Crippen molar-refractivity contribution in [3.63, 3.8) is 0 Å². The number of carbonyl (C=O) groups is 2. The molecule has 168 valence electrons. The lowest BCUT2D eigenvalue weighted by atomic mass is 10.0. The van der Waals surface area contributed by atoms with E-state index in [9.17, 15) is 9.59 Å². The summed E-state index contributed by atoms with van der Waals surface area (Å²) in [5.41, 5.74) is 3.05. The van der Waals surface area contributed by atoms with Gasteiger partial charge in [0.2, 0.25) is 11.8 Å². The zero-order valence-electron chi connectivity index (χ0n) is 18.7. The van der Waals surface area contributed by atoms with Crippen LogP contribution in [-0.2, 0) is 16.0 Å². The highest BCUT2D eigenvalue weighted by atomic mass is 16.2. The lowest BCUT2D eigenvalue weighted by Crippen LogP contribution is -2.52. The van der Waals surface area contributed by atoms with Gasteiger partial charge in [-0.05, 0) is 32.3 Å². The van der Waals surface area contributed by atoms with Gasteiger partial charge in [-0.15, -0.1) is 0 Å². The minimum atomic E-state index is -0.593. The van der Waals surface area contributed by atoms with Gasteiger partial charge in [0.15, 0.2) is 0 Å². The van der Waals surface area contributed by atoms with Crippen LogP contribution in [0.15, 0.2) is 36.7 Å². The van der Waals surface area contributed by atoms with Crippen molar-refractivity contribution < 1.29 is 9.59 Å². The van der Waals surface area contributed by atoms with Crippen LogP contribution in [0.4, 0.5) is 5.82 Å². The van der Waals surface area contributed by atoms with Gasteiger partial charge in [-0.1, -0.05) is 29.8 Å². The molecule has 4 rings (SSSR count). The molecule has 9 heteroatoms. The van der Waals surface area contributed by atoms with Gasteiger partial charge in [-0.2, -0.15) is 14.6 Å². The van der Waals surface area contributed by atoms with Crippen molar-refractivity contribution in [2.45, 2.75) is 52.1 Å². The van der Waals surface area contributed by atoms with Gasteiger partial charge in [0.05, 0.1) is 0 Å². The standard InChI is InChI=1S/C23H29N7O2/c1-15-5-4-6-18(11-15)13-20(27-17(3)31)22(32)28-19-7-9-29(10-8-19)21-12-16(2)26-23-24-14-25-30(21)23/h4-6,11-12,14,19-20H,7-10,13H2,1-3H3,(H,27,31)(H,28,32). The Balaban J connectivity index is 1.39. The molecule has 1 unspecified atom stereocenters. The second-order valence-electron chi connectivity index (χ2n) is 8.44. The summed E-state index contributed by atoms with van der Waals surface area (Å²) in [5.74, 6) is 1.20. The molecule has 32 heavy (non-hydrogen) atoms. The van der Waals surface area contributed by atoms with Gasteiger partial charge in [0.1, 0.15) is 18.2 Å². The maximum Gasteiger partial charge on any atom is 0.254 e. The van der Waals surface area contributed by atoms with Gasteiger partial charge in [0.25, 0.3) is 5.78 Å². The molecule has 3 aromatic rings. The Morgan fingerprint density at radius 3 is 2.69 bits per heavy atom. The Morgan fingerprint density at radius 2 is 1.97 bits per heavy atom. The molecule has 1 aliphatic heterocycles. The van der Waals surface area contributed by atoms with Gasteiger partial charge in [-0.25, -0.2) is 4.98 Å². The number of piperidine rings is 1. The van der Waals surface area contributed by atoms with Crippen LogP contribution in [0.3, 0.4) is 0 Å². The van der Waals surface area contributed by atoms with Crippen molar-refractivity contribution in [2.75, 3.05) is 18.0 Å². The number of fused-ring (bicyclic) bond motifs is 1. The van der Waals surface area contributed by atoms with Crippen LogP contribution >= 0.6 is 0 Å². The minimum absolute atomic E-state index is 0.0571. The lowest BCUT2D eigenvalue weighted by molar-refractivity contribution is -0.128. The molecule has 1 aliphatic rings. The van der Waals surface area contributed by atoms with Gasteiger partial charge >= 0.3 is 0 Å². The van der Waals surface area contributed by atoms with Crippen molar-refractivity contribution in [3.05, 3.63) is 53.5 Å². The highest BCUT2D eigenvalue weighted by Crippen LogP contribution is 2.21. The molecule has 0 saturated carbocycles. The SMILES string of the molecule is CC(=O)NC(Cc1cccc(C)c1)C(=O)NC1CCN(c2cc(C)nc3ncnn23)CC1. The smallest absolute Gasteiger partial charge is 0.254 e. The second-order valence-corrected chi connectivity index (χ2v) is 8.44. The Kier molecular flexibility index (Phi) is 6.34. The first-order chi connectivity index (χ1) is 15.4. The van der Waals surface area contributed by atoms with Crippen LogP contribution in [0.5, 0.6) is 0 Å². The predicted octanol–water partition coefficient (Wildman–Crippen LogP) is 1.57. The third-order valence-corrected chi connectivity index (χ3v) is 5.74. The fourth-order valence-electron chi connectivity index (χ4n) is 4.22. The van der Waals surface area contributed by atoms with Crippen molar-refractivity contribution in [2.24, 2.45) is 0 Å². The first-order valence-corrected chi connectivity index (χ1v) is 10.9. The Labute approximate surface area is 187 Å². The zero-order valence-corrected chi connectivity index (χ0v) is 18.7. The molecule has 2 aromatic heterocycles. The van der Waals surface area contributed by atoms with E-state index < -0.39 is 6.04 Å². The number of nitrogens with one attached hydrogen (secondary N) is 2. The summed E-state index contributed by atoms with van der Waals surface area (Å²) in [6.07, 6.45) is 3.59. The Hall–Kier alpha value is -3.49. The second kappa shape index (κ2) is 9.33. The zero-order chi connectivity index (χ0) is 22.7. The van der Waals surface area contributed by atoms with E-state index in [1.54, 1.807) is 4.52 Å². The van der Waals surface area contributed by atoms with E-state index in [-0.39, 0.29) is 17.9 Å². The van der Waals surface area contributed by atoms with E-state index in [2.05, 4.69) is 30.6 Å². The molecule has 1 saturated heterocycles. The molecular weight excluding hydrogens is 406 g/mol. The molecule has 0 aliphatic carbocycles. The number of aryl methyl sites for hydroxylation is 2. The van der Waals surface area contributed by atoms with E-state index in [1.807, 2.05) is 44.2 Å². The molecule has 1 atom stereocenters. The van der Waals surface area contributed by atoms with Crippen LogP contribution < -0.4 is 15.5 Å². The summed E-state index contributed by atoms with van der Waals surface area (Å²) in [6, 6.07) is 9.48. The largest absolute Gasteiger partial charge is 0.356 e. The maximum absolute atomic E-state index is 13.0. The van der Waals surface area contributed by atoms with Crippen LogP contribution in [0.25, 0.3) is 5.78 Å². The van der Waals surface area contributed by atoms with Crippen molar-refractivity contribution in [3.8, 4) is 0 Å². The summed E-state index contributed by atoms with van der Waals surface area (Å²) in [5, 5.41) is 10.2. The number of nitrogens with zero attached hydrogens (tertiary/aromatic N) is 5. The van der Waals surface area contributed by atoms with Gasteiger partial charge in [0, 0.05) is 44.2 Å². The van der Waals surface area contributed by atoms with Crippen LogP contribution in [0, 0.1) is 13.8 Å². The molecular formula is C23H29N7O2. The summed E-state index contributed by atoms with van der Waals surface area (Å²) in [4.78, 5) is 35.5. The molecule has 2 N–H and O–H groups in total. The number of benzene rings is 1. The quantitative estimate of drug-likeness (QED) is 0.609. The third-order valence-electron chi connectivity index (χ3n) is 5.74. The molecule has 1 aromatic carbocycles. The summed E-state index contributed by atoms with van der Waals surface area (Å²) in [6.45, 7) is 6.97. The first kappa shape index (κ1) is 21.7. The number of hydrogen-bond acceptors (Lipinski definition) is 6.